The summed E-state index contributed by atoms with van der Waals surface area (Å²) in [4.78, 5) is 8.47. The Hall–Kier alpha value is -2.48. The predicted octanol–water partition coefficient (Wildman–Crippen LogP) is 3.58. The Kier molecular flexibility index (Phi) is 5.19. The second-order valence-corrected chi connectivity index (χ2v) is 8.47. The summed E-state index contributed by atoms with van der Waals surface area (Å²) in [6, 6.07) is 5.94. The summed E-state index contributed by atoms with van der Waals surface area (Å²) in [7, 11) is -3.60. The van der Waals surface area contributed by atoms with Crippen LogP contribution >= 0.6 is 0 Å². The van der Waals surface area contributed by atoms with E-state index >= 15 is 0 Å². The Labute approximate surface area is 157 Å². The molecule has 0 unspecified atom stereocenters. The van der Waals surface area contributed by atoms with Gasteiger partial charge in [0.2, 0.25) is 15.7 Å². The van der Waals surface area contributed by atoms with Gasteiger partial charge in [-0.2, -0.15) is 4.98 Å². The molecule has 0 saturated heterocycles. The number of sulfone groups is 1. The highest BCUT2D eigenvalue weighted by Crippen LogP contribution is 2.31. The van der Waals surface area contributed by atoms with E-state index in [0.717, 1.165) is 36.0 Å². The van der Waals surface area contributed by atoms with Crippen LogP contribution in [-0.2, 0) is 23.0 Å². The standard InChI is InChI=1S/C19H22FN3O3S/c1-5-10-23-13(3)12(2)16-17(23)18(22-19(21-16)27(4,24)25)26-11-14-6-8-15(20)9-7-14/h6-9H,5,10-11H2,1-4H3. The molecular formula is C19H22FN3O3S. The van der Waals surface area contributed by atoms with Crippen molar-refractivity contribution >= 4 is 20.9 Å². The molecular weight excluding hydrogens is 369 g/mol. The second kappa shape index (κ2) is 7.26. The Morgan fingerprint density at radius 2 is 1.81 bits per heavy atom. The molecule has 2 aromatic heterocycles. The van der Waals surface area contributed by atoms with Crippen molar-refractivity contribution in [2.75, 3.05) is 6.26 Å². The first-order valence-corrected chi connectivity index (χ1v) is 10.6. The van der Waals surface area contributed by atoms with Crippen LogP contribution in [0.5, 0.6) is 5.88 Å². The van der Waals surface area contributed by atoms with Gasteiger partial charge in [-0.25, -0.2) is 17.8 Å². The normalized spacial score (nSPS) is 11.9. The maximum absolute atomic E-state index is 13.1. The van der Waals surface area contributed by atoms with Gasteiger partial charge in [0.25, 0.3) is 5.16 Å². The van der Waals surface area contributed by atoms with Crippen molar-refractivity contribution in [1.29, 1.82) is 0 Å². The van der Waals surface area contributed by atoms with E-state index in [2.05, 4.69) is 21.5 Å². The summed E-state index contributed by atoms with van der Waals surface area (Å²) in [5.41, 5.74) is 3.91. The zero-order chi connectivity index (χ0) is 19.8. The Morgan fingerprint density at radius 3 is 2.41 bits per heavy atom. The van der Waals surface area contributed by atoms with Crippen LogP contribution in [0.4, 0.5) is 4.39 Å². The molecule has 6 nitrogen and oxygen atoms in total. The van der Waals surface area contributed by atoms with Crippen LogP contribution in [0.15, 0.2) is 29.4 Å². The van der Waals surface area contributed by atoms with Crippen LogP contribution in [0.25, 0.3) is 11.0 Å². The number of hydrogen-bond donors (Lipinski definition) is 0. The highest BCUT2D eigenvalue weighted by Gasteiger charge is 2.22. The average molecular weight is 391 g/mol. The topological polar surface area (TPSA) is 74.1 Å². The first kappa shape index (κ1) is 19.3. The molecule has 27 heavy (non-hydrogen) atoms. The van der Waals surface area contributed by atoms with Gasteiger partial charge in [-0.1, -0.05) is 19.1 Å². The lowest BCUT2D eigenvalue weighted by atomic mass is 10.2. The van der Waals surface area contributed by atoms with Gasteiger partial charge in [-0.3, -0.25) is 0 Å². The number of hydrogen-bond acceptors (Lipinski definition) is 5. The fourth-order valence-corrected chi connectivity index (χ4v) is 3.47. The number of fused-ring (bicyclic) bond motifs is 1. The van der Waals surface area contributed by atoms with Crippen molar-refractivity contribution in [2.45, 2.75) is 45.5 Å². The largest absolute Gasteiger partial charge is 0.471 e. The smallest absolute Gasteiger partial charge is 0.250 e. The lowest BCUT2D eigenvalue weighted by Crippen LogP contribution is -2.09. The van der Waals surface area contributed by atoms with Crippen LogP contribution < -0.4 is 4.74 Å². The fourth-order valence-electron chi connectivity index (χ4n) is 2.96. The molecule has 0 aliphatic heterocycles. The molecule has 8 heteroatoms. The van der Waals surface area contributed by atoms with E-state index < -0.39 is 9.84 Å². The minimum Gasteiger partial charge on any atom is -0.471 e. The highest BCUT2D eigenvalue weighted by molar-refractivity contribution is 7.90. The predicted molar refractivity (Wildman–Crippen MR) is 101 cm³/mol. The first-order chi connectivity index (χ1) is 12.7. The van der Waals surface area contributed by atoms with Crippen LogP contribution in [0.1, 0.15) is 30.2 Å². The molecule has 0 saturated carbocycles. The number of ether oxygens (including phenoxy) is 1. The van der Waals surface area contributed by atoms with Gasteiger partial charge >= 0.3 is 0 Å². The van der Waals surface area contributed by atoms with Crippen molar-refractivity contribution < 1.29 is 17.5 Å². The number of rotatable bonds is 6. The Morgan fingerprint density at radius 1 is 1.15 bits per heavy atom. The molecule has 1 aromatic carbocycles. The summed E-state index contributed by atoms with van der Waals surface area (Å²) >= 11 is 0. The van der Waals surface area contributed by atoms with E-state index in [4.69, 9.17) is 4.74 Å². The molecule has 3 rings (SSSR count). The second-order valence-electron chi connectivity index (χ2n) is 6.56. The third-order valence-electron chi connectivity index (χ3n) is 4.47. The lowest BCUT2D eigenvalue weighted by Gasteiger charge is -2.12. The number of nitrogens with zero attached hydrogens (tertiary/aromatic N) is 3. The lowest BCUT2D eigenvalue weighted by molar-refractivity contribution is 0.293. The molecule has 2 heterocycles. The zero-order valence-electron chi connectivity index (χ0n) is 15.8. The molecule has 144 valence electrons. The Balaban J connectivity index is 2.15. The highest BCUT2D eigenvalue weighted by atomic mass is 32.2. The summed E-state index contributed by atoms with van der Waals surface area (Å²) in [5.74, 6) is -0.111. The number of aryl methyl sites for hydroxylation is 2. The summed E-state index contributed by atoms with van der Waals surface area (Å²) in [6.45, 7) is 6.82. The first-order valence-electron chi connectivity index (χ1n) is 8.67. The minimum atomic E-state index is -3.60. The number of aromatic nitrogens is 3. The van der Waals surface area contributed by atoms with Crippen molar-refractivity contribution in [3.63, 3.8) is 0 Å². The van der Waals surface area contributed by atoms with Gasteiger partial charge in [0.15, 0.2) is 0 Å². The van der Waals surface area contributed by atoms with E-state index in [1.165, 1.54) is 12.1 Å². The van der Waals surface area contributed by atoms with Crippen LogP contribution in [0.2, 0.25) is 0 Å². The monoisotopic (exact) mass is 391 g/mol. The molecule has 0 atom stereocenters. The number of halogens is 1. The number of benzene rings is 1. The molecule has 0 amide bonds. The molecule has 0 aliphatic carbocycles. The van der Waals surface area contributed by atoms with Gasteiger partial charge < -0.3 is 9.30 Å². The van der Waals surface area contributed by atoms with Gasteiger partial charge in [-0.15, -0.1) is 0 Å². The maximum atomic E-state index is 13.1. The molecule has 0 aliphatic rings. The van der Waals surface area contributed by atoms with Gasteiger partial charge in [0.1, 0.15) is 23.5 Å². The Bertz CT molecular complexity index is 1090. The van der Waals surface area contributed by atoms with Crippen LogP contribution in [0, 0.1) is 19.7 Å². The molecule has 0 radical (unpaired) electrons. The summed E-state index contributed by atoms with van der Waals surface area (Å²) < 4.78 is 45.1. The maximum Gasteiger partial charge on any atom is 0.250 e. The SMILES string of the molecule is CCCn1c(C)c(C)c2nc(S(C)(=O)=O)nc(OCc3ccc(F)cc3)c21. The molecule has 0 N–H and O–H groups in total. The summed E-state index contributed by atoms with van der Waals surface area (Å²) in [5, 5.41) is -0.263. The van der Waals surface area contributed by atoms with Gasteiger partial charge in [0.05, 0.1) is 0 Å². The van der Waals surface area contributed by atoms with Crippen molar-refractivity contribution in [2.24, 2.45) is 0 Å². The minimum absolute atomic E-state index is 0.144. The van der Waals surface area contributed by atoms with E-state index in [1.807, 2.05) is 13.8 Å². The van der Waals surface area contributed by atoms with Crippen molar-refractivity contribution in [3.8, 4) is 5.88 Å². The van der Waals surface area contributed by atoms with Crippen LogP contribution in [0.3, 0.4) is 0 Å². The van der Waals surface area contributed by atoms with Crippen molar-refractivity contribution in [3.05, 3.63) is 46.9 Å². The van der Waals surface area contributed by atoms with Crippen LogP contribution in [-0.4, -0.2) is 29.2 Å². The van der Waals surface area contributed by atoms with Crippen molar-refractivity contribution in [1.82, 2.24) is 14.5 Å². The van der Waals surface area contributed by atoms with Gasteiger partial charge in [-0.05, 0) is 43.5 Å². The average Bonchev–Trinajstić information content (AvgIpc) is 2.86. The third-order valence-corrected chi connectivity index (χ3v) is 5.32. The third kappa shape index (κ3) is 3.80. The molecule has 3 aromatic rings. The molecule has 0 bridgehead atoms. The quantitative estimate of drug-likeness (QED) is 0.601. The van der Waals surface area contributed by atoms with Gasteiger partial charge in [0, 0.05) is 18.5 Å². The zero-order valence-corrected chi connectivity index (χ0v) is 16.6. The molecule has 0 fully saturated rings. The van der Waals surface area contributed by atoms with E-state index in [9.17, 15) is 12.8 Å². The summed E-state index contributed by atoms with van der Waals surface area (Å²) in [6.07, 6.45) is 1.97. The molecule has 0 spiro atoms. The van der Waals surface area contributed by atoms with E-state index in [-0.39, 0.29) is 23.5 Å². The fraction of sp³-hybridized carbons (Fsp3) is 0.368. The van der Waals surface area contributed by atoms with E-state index in [0.29, 0.717) is 11.0 Å². The van der Waals surface area contributed by atoms with E-state index in [1.54, 1.807) is 12.1 Å².